The van der Waals surface area contributed by atoms with Crippen LogP contribution < -0.4 is 0 Å². The minimum atomic E-state index is 0.253. The summed E-state index contributed by atoms with van der Waals surface area (Å²) in [5.74, 6) is 0.253. The van der Waals surface area contributed by atoms with Crippen molar-refractivity contribution in [2.75, 3.05) is 39.3 Å². The molecule has 1 aromatic rings. The summed E-state index contributed by atoms with van der Waals surface area (Å²) in [4.78, 5) is 19.8. The molecule has 0 unspecified atom stereocenters. The van der Waals surface area contributed by atoms with Gasteiger partial charge in [-0.2, -0.15) is 0 Å². The van der Waals surface area contributed by atoms with E-state index in [1.54, 1.807) is 11.3 Å². The lowest BCUT2D eigenvalue weighted by Gasteiger charge is -2.23. The molecule has 1 aromatic heterocycles. The number of amides is 1. The summed E-state index contributed by atoms with van der Waals surface area (Å²) in [6.07, 6.45) is 7.47. The molecule has 0 aromatic carbocycles. The van der Waals surface area contributed by atoms with Crippen LogP contribution in [0.25, 0.3) is 0 Å². The van der Waals surface area contributed by atoms with Crippen molar-refractivity contribution in [2.45, 2.75) is 44.6 Å². The highest BCUT2D eigenvalue weighted by Gasteiger charge is 2.26. The van der Waals surface area contributed by atoms with Gasteiger partial charge in [0.15, 0.2) is 0 Å². The smallest absolute Gasteiger partial charge is 0.263 e. The maximum absolute atomic E-state index is 12.8. The van der Waals surface area contributed by atoms with Crippen LogP contribution in [0, 0.1) is 0 Å². The molecule has 0 radical (unpaired) electrons. The molecule has 2 aliphatic heterocycles. The highest BCUT2D eigenvalue weighted by atomic mass is 32.1. The van der Waals surface area contributed by atoms with Gasteiger partial charge in [0.2, 0.25) is 0 Å². The molecule has 4 rings (SSSR count). The van der Waals surface area contributed by atoms with Gasteiger partial charge in [0.25, 0.3) is 5.91 Å². The van der Waals surface area contributed by atoms with Crippen LogP contribution in [-0.2, 0) is 17.6 Å². The minimum absolute atomic E-state index is 0.253. The third kappa shape index (κ3) is 3.47. The maximum atomic E-state index is 12.8. The summed E-state index contributed by atoms with van der Waals surface area (Å²) in [7, 11) is 0. The summed E-state index contributed by atoms with van der Waals surface area (Å²) in [6, 6.07) is 2.16. The van der Waals surface area contributed by atoms with E-state index in [4.69, 9.17) is 4.74 Å². The summed E-state index contributed by atoms with van der Waals surface area (Å²) in [5.41, 5.74) is 1.42. The number of fused-ring (bicyclic) bond motifs is 1. The lowest BCUT2D eigenvalue weighted by atomic mass is 10.2. The second-order valence-electron chi connectivity index (χ2n) is 6.99. The molecule has 4 nitrogen and oxygen atoms in total. The number of rotatable bonds is 3. The van der Waals surface area contributed by atoms with Crippen molar-refractivity contribution in [2.24, 2.45) is 0 Å². The molecule has 23 heavy (non-hydrogen) atoms. The number of hydrogen-bond acceptors (Lipinski definition) is 4. The van der Waals surface area contributed by atoms with E-state index in [0.29, 0.717) is 6.10 Å². The second kappa shape index (κ2) is 6.91. The molecular formula is C18H26N2O2S. The first-order chi connectivity index (χ1) is 11.3. The van der Waals surface area contributed by atoms with Gasteiger partial charge >= 0.3 is 0 Å². The second-order valence-corrected chi connectivity index (χ2v) is 8.13. The van der Waals surface area contributed by atoms with Gasteiger partial charge in [0, 0.05) is 37.7 Å². The Balaban J connectivity index is 1.35. The molecule has 0 bridgehead atoms. The Kier molecular flexibility index (Phi) is 4.69. The molecule has 3 heterocycles. The van der Waals surface area contributed by atoms with Gasteiger partial charge in [0.05, 0.1) is 11.0 Å². The van der Waals surface area contributed by atoms with E-state index < -0.39 is 0 Å². The van der Waals surface area contributed by atoms with Crippen LogP contribution >= 0.6 is 11.3 Å². The van der Waals surface area contributed by atoms with Crippen LogP contribution in [0.4, 0.5) is 0 Å². The fourth-order valence-corrected chi connectivity index (χ4v) is 5.24. The van der Waals surface area contributed by atoms with Crippen molar-refractivity contribution in [3.63, 3.8) is 0 Å². The molecule has 1 aliphatic carbocycles. The first kappa shape index (κ1) is 15.6. The molecule has 1 amide bonds. The monoisotopic (exact) mass is 334 g/mol. The van der Waals surface area contributed by atoms with E-state index in [1.807, 2.05) is 0 Å². The summed E-state index contributed by atoms with van der Waals surface area (Å²) in [6.45, 7) is 5.78. The van der Waals surface area contributed by atoms with Crippen molar-refractivity contribution >= 4 is 17.2 Å². The Bertz CT molecular complexity index is 544. The molecule has 2 fully saturated rings. The Morgan fingerprint density at radius 1 is 1.17 bits per heavy atom. The topological polar surface area (TPSA) is 32.8 Å². The van der Waals surface area contributed by atoms with Crippen LogP contribution in [0.15, 0.2) is 6.07 Å². The quantitative estimate of drug-likeness (QED) is 0.852. The van der Waals surface area contributed by atoms with E-state index in [9.17, 15) is 4.79 Å². The average Bonchev–Trinajstić information content (AvgIpc) is 3.22. The third-order valence-corrected chi connectivity index (χ3v) is 6.54. The van der Waals surface area contributed by atoms with Gasteiger partial charge in [-0.3, -0.25) is 9.69 Å². The van der Waals surface area contributed by atoms with E-state index in [0.717, 1.165) is 57.0 Å². The molecule has 0 saturated carbocycles. The predicted molar refractivity (Wildman–Crippen MR) is 92.3 cm³/mol. The lowest BCUT2D eigenvalue weighted by Crippen LogP contribution is -2.37. The zero-order chi connectivity index (χ0) is 15.6. The Morgan fingerprint density at radius 2 is 2.13 bits per heavy atom. The largest absolute Gasteiger partial charge is 0.377 e. The lowest BCUT2D eigenvalue weighted by molar-refractivity contribution is 0.0706. The van der Waals surface area contributed by atoms with Crippen molar-refractivity contribution in [1.82, 2.24) is 9.80 Å². The van der Waals surface area contributed by atoms with Gasteiger partial charge in [-0.15, -0.1) is 11.3 Å². The third-order valence-electron chi connectivity index (χ3n) is 5.32. The zero-order valence-electron chi connectivity index (χ0n) is 13.8. The van der Waals surface area contributed by atoms with Gasteiger partial charge in [-0.25, -0.2) is 0 Å². The summed E-state index contributed by atoms with van der Waals surface area (Å²) in [5, 5.41) is 0. The van der Waals surface area contributed by atoms with Crippen LogP contribution in [0.1, 0.15) is 45.8 Å². The normalized spacial score (nSPS) is 25.6. The highest BCUT2D eigenvalue weighted by Crippen LogP contribution is 2.31. The van der Waals surface area contributed by atoms with Crippen LogP contribution in [0.5, 0.6) is 0 Å². The fraction of sp³-hybridized carbons (Fsp3) is 0.722. The number of hydrogen-bond donors (Lipinski definition) is 0. The van der Waals surface area contributed by atoms with E-state index in [2.05, 4.69) is 15.9 Å². The number of thiophene rings is 1. The highest BCUT2D eigenvalue weighted by molar-refractivity contribution is 7.14. The number of carbonyl (C=O) groups is 1. The Labute approximate surface area is 142 Å². The Morgan fingerprint density at radius 3 is 2.96 bits per heavy atom. The van der Waals surface area contributed by atoms with E-state index in [1.165, 1.54) is 36.1 Å². The zero-order valence-corrected chi connectivity index (χ0v) is 14.6. The number of aryl methyl sites for hydroxylation is 2. The van der Waals surface area contributed by atoms with Crippen molar-refractivity contribution in [3.05, 3.63) is 21.4 Å². The van der Waals surface area contributed by atoms with Gasteiger partial charge in [-0.05, 0) is 56.7 Å². The van der Waals surface area contributed by atoms with Gasteiger partial charge < -0.3 is 9.64 Å². The van der Waals surface area contributed by atoms with Crippen molar-refractivity contribution < 1.29 is 9.53 Å². The Hall–Kier alpha value is -0.910. The van der Waals surface area contributed by atoms with Gasteiger partial charge in [-0.1, -0.05) is 0 Å². The first-order valence-corrected chi connectivity index (χ1v) is 9.86. The molecule has 5 heteroatoms. The SMILES string of the molecule is O=C(c1cc2c(s1)CCC2)N1CCCN(C[C@H]2CCCO2)CC1. The van der Waals surface area contributed by atoms with Crippen molar-refractivity contribution in [1.29, 1.82) is 0 Å². The standard InChI is InChI=1S/C18H26N2O2S/c21-18(17-12-14-4-1-6-16(14)23-17)20-8-3-7-19(9-10-20)13-15-5-2-11-22-15/h12,15H,1-11,13H2/t15-/m1/s1. The van der Waals surface area contributed by atoms with Crippen molar-refractivity contribution in [3.8, 4) is 0 Å². The average molecular weight is 334 g/mol. The molecule has 3 aliphatic rings. The van der Waals surface area contributed by atoms with Gasteiger partial charge in [0.1, 0.15) is 0 Å². The maximum Gasteiger partial charge on any atom is 0.263 e. The van der Waals surface area contributed by atoms with Crippen LogP contribution in [0.2, 0.25) is 0 Å². The molecule has 2 saturated heterocycles. The minimum Gasteiger partial charge on any atom is -0.377 e. The summed E-state index contributed by atoms with van der Waals surface area (Å²) < 4.78 is 5.75. The first-order valence-electron chi connectivity index (χ1n) is 9.04. The number of nitrogens with zero attached hydrogens (tertiary/aromatic N) is 2. The van der Waals surface area contributed by atoms with Crippen LogP contribution in [0.3, 0.4) is 0 Å². The molecule has 126 valence electrons. The molecule has 0 spiro atoms. The molecular weight excluding hydrogens is 308 g/mol. The molecule has 1 atom stereocenters. The number of carbonyl (C=O) groups excluding carboxylic acids is 1. The summed E-state index contributed by atoms with van der Waals surface area (Å²) >= 11 is 1.73. The van der Waals surface area contributed by atoms with E-state index >= 15 is 0 Å². The fourth-order valence-electron chi connectivity index (χ4n) is 4.02. The van der Waals surface area contributed by atoms with E-state index in [-0.39, 0.29) is 5.91 Å². The predicted octanol–water partition coefficient (Wildman–Crippen LogP) is 2.56. The molecule has 0 N–H and O–H groups in total. The number of ether oxygens (including phenoxy) is 1. The van der Waals surface area contributed by atoms with Crippen LogP contribution in [-0.4, -0.2) is 61.1 Å².